The Morgan fingerprint density at radius 3 is 2.71 bits per heavy atom. The summed E-state index contributed by atoms with van der Waals surface area (Å²) in [5, 5.41) is 6.65. The number of hydrogen-bond donors (Lipinski definition) is 2. The molecule has 17 heavy (non-hydrogen) atoms. The topological polar surface area (TPSA) is 54.3 Å². The summed E-state index contributed by atoms with van der Waals surface area (Å²) in [6, 6.07) is 3.16. The fourth-order valence-electron chi connectivity index (χ4n) is 2.89. The molecule has 3 rings (SSSR count). The normalized spacial score (nSPS) is 31.5. The van der Waals surface area contributed by atoms with E-state index in [1.807, 2.05) is 0 Å². The zero-order valence-electron chi connectivity index (χ0n) is 9.41. The maximum atomic E-state index is 12.0. The van der Waals surface area contributed by atoms with Crippen molar-refractivity contribution in [2.45, 2.75) is 43.8 Å². The van der Waals surface area contributed by atoms with E-state index >= 15 is 0 Å². The minimum absolute atomic E-state index is 0.0445. The first-order chi connectivity index (χ1) is 8.22. The molecule has 5 heteroatoms. The average Bonchev–Trinajstić information content (AvgIpc) is 2.85. The van der Waals surface area contributed by atoms with Gasteiger partial charge in [0, 0.05) is 18.1 Å². The lowest BCUT2D eigenvalue weighted by molar-refractivity contribution is 0.0922. The second-order valence-electron chi connectivity index (χ2n) is 4.89. The molecule has 3 heterocycles. The fraction of sp³-hybridized carbons (Fsp3) is 0.583. The molecule has 0 saturated carbocycles. The van der Waals surface area contributed by atoms with Gasteiger partial charge < -0.3 is 15.1 Å². The molecule has 2 aliphatic heterocycles. The molecule has 0 spiro atoms. The van der Waals surface area contributed by atoms with Gasteiger partial charge >= 0.3 is 0 Å². The van der Waals surface area contributed by atoms with Crippen molar-refractivity contribution in [3.8, 4) is 0 Å². The quantitative estimate of drug-likeness (QED) is 0.879. The van der Waals surface area contributed by atoms with E-state index in [4.69, 9.17) is 4.42 Å². The SMILES string of the molecule is O=C(NC1CC2CCC(C1)N2)c1ccoc1Br. The maximum absolute atomic E-state index is 12.0. The molecule has 1 aromatic rings. The van der Waals surface area contributed by atoms with Crippen molar-refractivity contribution in [1.29, 1.82) is 0 Å². The number of nitrogens with one attached hydrogen (secondary N) is 2. The van der Waals surface area contributed by atoms with E-state index in [9.17, 15) is 4.79 Å². The lowest BCUT2D eigenvalue weighted by Gasteiger charge is -2.29. The Hall–Kier alpha value is -0.810. The van der Waals surface area contributed by atoms with Gasteiger partial charge in [-0.2, -0.15) is 0 Å². The van der Waals surface area contributed by atoms with Crippen LogP contribution in [-0.4, -0.2) is 24.0 Å². The zero-order valence-corrected chi connectivity index (χ0v) is 11.0. The zero-order chi connectivity index (χ0) is 11.8. The van der Waals surface area contributed by atoms with Crippen LogP contribution in [0.4, 0.5) is 0 Å². The van der Waals surface area contributed by atoms with Crippen molar-refractivity contribution in [2.24, 2.45) is 0 Å². The Labute approximate surface area is 108 Å². The number of hydrogen-bond acceptors (Lipinski definition) is 3. The van der Waals surface area contributed by atoms with Crippen molar-refractivity contribution in [3.63, 3.8) is 0 Å². The van der Waals surface area contributed by atoms with Gasteiger partial charge in [-0.3, -0.25) is 4.79 Å². The Morgan fingerprint density at radius 2 is 2.12 bits per heavy atom. The molecule has 2 N–H and O–H groups in total. The summed E-state index contributed by atoms with van der Waals surface area (Å²) < 4.78 is 5.58. The fourth-order valence-corrected chi connectivity index (χ4v) is 3.31. The van der Waals surface area contributed by atoms with Gasteiger partial charge in [0.1, 0.15) is 0 Å². The maximum Gasteiger partial charge on any atom is 0.255 e. The minimum Gasteiger partial charge on any atom is -0.457 e. The van der Waals surface area contributed by atoms with Crippen molar-refractivity contribution in [3.05, 3.63) is 22.6 Å². The summed E-state index contributed by atoms with van der Waals surface area (Å²) in [4.78, 5) is 12.0. The van der Waals surface area contributed by atoms with Crippen LogP contribution in [0.2, 0.25) is 0 Å². The molecule has 2 aliphatic rings. The molecule has 2 bridgehead atoms. The van der Waals surface area contributed by atoms with Crippen LogP contribution in [0.15, 0.2) is 21.4 Å². The van der Waals surface area contributed by atoms with Crippen LogP contribution in [0.3, 0.4) is 0 Å². The number of amides is 1. The van der Waals surface area contributed by atoms with Gasteiger partial charge in [0.2, 0.25) is 0 Å². The highest BCUT2D eigenvalue weighted by molar-refractivity contribution is 9.10. The van der Waals surface area contributed by atoms with Crippen LogP contribution < -0.4 is 10.6 Å². The summed E-state index contributed by atoms with van der Waals surface area (Å²) >= 11 is 3.23. The lowest BCUT2D eigenvalue weighted by Crippen LogP contribution is -2.48. The van der Waals surface area contributed by atoms with Crippen molar-refractivity contribution >= 4 is 21.8 Å². The Balaban J connectivity index is 1.64. The lowest BCUT2D eigenvalue weighted by atomic mass is 9.99. The van der Waals surface area contributed by atoms with Crippen LogP contribution in [-0.2, 0) is 0 Å². The van der Waals surface area contributed by atoms with Crippen LogP contribution in [0, 0.1) is 0 Å². The molecular formula is C12H15BrN2O2. The number of carbonyl (C=O) groups is 1. The second-order valence-corrected chi connectivity index (χ2v) is 5.61. The third kappa shape index (κ3) is 2.26. The van der Waals surface area contributed by atoms with E-state index in [0.29, 0.717) is 28.4 Å². The number of piperidine rings is 1. The van der Waals surface area contributed by atoms with Crippen molar-refractivity contribution in [2.75, 3.05) is 0 Å². The average molecular weight is 299 g/mol. The van der Waals surface area contributed by atoms with Gasteiger partial charge in [-0.15, -0.1) is 0 Å². The van der Waals surface area contributed by atoms with Gasteiger partial charge in [-0.1, -0.05) is 0 Å². The highest BCUT2D eigenvalue weighted by Gasteiger charge is 2.34. The van der Waals surface area contributed by atoms with Crippen LogP contribution >= 0.6 is 15.9 Å². The third-order valence-corrected chi connectivity index (χ3v) is 4.28. The number of halogens is 1. The Morgan fingerprint density at radius 1 is 1.41 bits per heavy atom. The molecule has 2 unspecified atom stereocenters. The van der Waals surface area contributed by atoms with E-state index in [1.54, 1.807) is 6.07 Å². The molecule has 1 amide bonds. The van der Waals surface area contributed by atoms with E-state index < -0.39 is 0 Å². The predicted octanol–water partition coefficient (Wildman–Crippen LogP) is 2.05. The molecule has 4 nitrogen and oxygen atoms in total. The van der Waals surface area contributed by atoms with Crippen molar-refractivity contribution in [1.82, 2.24) is 10.6 Å². The molecule has 2 fully saturated rings. The summed E-state index contributed by atoms with van der Waals surface area (Å²) in [5.41, 5.74) is 0.580. The number of carbonyl (C=O) groups excluding carboxylic acids is 1. The van der Waals surface area contributed by atoms with Gasteiger partial charge in [-0.25, -0.2) is 0 Å². The smallest absolute Gasteiger partial charge is 0.255 e. The first-order valence-corrected chi connectivity index (χ1v) is 6.81. The van der Waals surface area contributed by atoms with E-state index in [2.05, 4.69) is 26.6 Å². The summed E-state index contributed by atoms with van der Waals surface area (Å²) in [7, 11) is 0. The number of furan rings is 1. The van der Waals surface area contributed by atoms with Gasteiger partial charge in [0.15, 0.2) is 4.67 Å². The molecule has 0 aromatic carbocycles. The standard InChI is InChI=1S/C12H15BrN2O2/c13-11-10(3-4-17-11)12(16)15-9-5-7-1-2-8(6-9)14-7/h3-4,7-9,14H,1-2,5-6H2,(H,15,16). The van der Waals surface area contributed by atoms with Crippen LogP contribution in [0.25, 0.3) is 0 Å². The van der Waals surface area contributed by atoms with Crippen molar-refractivity contribution < 1.29 is 9.21 Å². The van der Waals surface area contributed by atoms with E-state index in [-0.39, 0.29) is 5.91 Å². The number of fused-ring (bicyclic) bond motifs is 2. The molecule has 0 aliphatic carbocycles. The Kier molecular flexibility index (Phi) is 2.96. The molecule has 92 valence electrons. The molecule has 2 saturated heterocycles. The van der Waals surface area contributed by atoms with Crippen LogP contribution in [0.1, 0.15) is 36.0 Å². The predicted molar refractivity (Wildman–Crippen MR) is 66.8 cm³/mol. The molecule has 1 aromatic heterocycles. The summed E-state index contributed by atoms with van der Waals surface area (Å²) in [6.07, 6.45) is 6.08. The Bertz CT molecular complexity index is 420. The summed E-state index contributed by atoms with van der Waals surface area (Å²) in [6.45, 7) is 0. The van der Waals surface area contributed by atoms with Gasteiger partial charge in [0.25, 0.3) is 5.91 Å². The number of rotatable bonds is 2. The first kappa shape index (κ1) is 11.3. The second kappa shape index (κ2) is 4.46. The highest BCUT2D eigenvalue weighted by Crippen LogP contribution is 2.27. The molecular weight excluding hydrogens is 284 g/mol. The molecule has 2 atom stereocenters. The highest BCUT2D eigenvalue weighted by atomic mass is 79.9. The van der Waals surface area contributed by atoms with Gasteiger partial charge in [0.05, 0.1) is 11.8 Å². The van der Waals surface area contributed by atoms with Crippen LogP contribution in [0.5, 0.6) is 0 Å². The minimum atomic E-state index is -0.0445. The summed E-state index contributed by atoms with van der Waals surface area (Å²) in [5.74, 6) is -0.0445. The third-order valence-electron chi connectivity index (χ3n) is 3.67. The van der Waals surface area contributed by atoms with Gasteiger partial charge in [-0.05, 0) is 47.7 Å². The first-order valence-electron chi connectivity index (χ1n) is 6.02. The largest absolute Gasteiger partial charge is 0.457 e. The van der Waals surface area contributed by atoms with E-state index in [0.717, 1.165) is 12.8 Å². The molecule has 0 radical (unpaired) electrons. The van der Waals surface area contributed by atoms with E-state index in [1.165, 1.54) is 19.1 Å². The monoisotopic (exact) mass is 298 g/mol.